The molecular formula is C37H35N3O4. The van der Waals surface area contributed by atoms with E-state index in [1.165, 1.54) is 5.56 Å². The molecule has 222 valence electrons. The lowest BCUT2D eigenvalue weighted by Gasteiger charge is -2.20. The molecule has 0 radical (unpaired) electrons. The number of carboxylic acid groups (broad SMARTS) is 1. The zero-order valence-corrected chi connectivity index (χ0v) is 25.1. The number of rotatable bonds is 9. The van der Waals surface area contributed by atoms with Crippen LogP contribution in [0.2, 0.25) is 0 Å². The van der Waals surface area contributed by atoms with Gasteiger partial charge >= 0.3 is 5.97 Å². The van der Waals surface area contributed by atoms with Gasteiger partial charge in [-0.05, 0) is 72.2 Å². The van der Waals surface area contributed by atoms with Crippen molar-refractivity contribution in [2.45, 2.75) is 51.5 Å². The normalized spacial score (nSPS) is 17.8. The second-order valence-corrected chi connectivity index (χ2v) is 12.0. The molecule has 0 saturated carbocycles. The third-order valence-electron chi connectivity index (χ3n) is 8.78. The number of carboxylic acids is 1. The fraction of sp³-hybridized carbons (Fsp3) is 0.243. The van der Waals surface area contributed by atoms with Crippen molar-refractivity contribution < 1.29 is 19.5 Å². The van der Waals surface area contributed by atoms with E-state index >= 15 is 0 Å². The number of aromatic amines is 1. The van der Waals surface area contributed by atoms with E-state index < -0.39 is 11.5 Å². The molecule has 0 bridgehead atoms. The lowest BCUT2D eigenvalue weighted by Crippen LogP contribution is -2.28. The maximum Gasteiger partial charge on any atom is 0.303 e. The number of hydrogen-bond donors (Lipinski definition) is 2. The molecule has 2 atom stereocenters. The number of aromatic nitrogens is 1. The van der Waals surface area contributed by atoms with Crippen molar-refractivity contribution in [2.75, 3.05) is 11.4 Å². The Bertz CT molecular complexity index is 1830. The van der Waals surface area contributed by atoms with Gasteiger partial charge < -0.3 is 15.0 Å². The Hall–Kier alpha value is -5.04. The maximum absolute atomic E-state index is 13.3. The molecule has 2 unspecified atom stereocenters. The molecule has 6 rings (SSSR count). The highest BCUT2D eigenvalue weighted by Crippen LogP contribution is 2.34. The van der Waals surface area contributed by atoms with Gasteiger partial charge in [-0.3, -0.25) is 19.4 Å². The summed E-state index contributed by atoms with van der Waals surface area (Å²) in [7, 11) is 0. The number of allylic oxidation sites excluding steroid dienone is 1. The number of Topliss-reactive ketones (excluding diaryl/α,β-unsaturated/α-hetero) is 1. The fourth-order valence-electron chi connectivity index (χ4n) is 6.22. The summed E-state index contributed by atoms with van der Waals surface area (Å²) in [5.74, 6) is -0.924. The maximum atomic E-state index is 13.3. The molecule has 4 aromatic rings. The van der Waals surface area contributed by atoms with Crippen LogP contribution in [-0.2, 0) is 28.0 Å². The number of nitrogens with one attached hydrogen (secondary N) is 1. The Kier molecular flexibility index (Phi) is 7.64. The highest BCUT2D eigenvalue weighted by Gasteiger charge is 2.30. The van der Waals surface area contributed by atoms with Crippen LogP contribution >= 0.6 is 0 Å². The summed E-state index contributed by atoms with van der Waals surface area (Å²) in [5.41, 5.74) is 8.39. The summed E-state index contributed by atoms with van der Waals surface area (Å²) in [4.78, 5) is 47.4. The van der Waals surface area contributed by atoms with Crippen LogP contribution in [0.1, 0.15) is 64.4 Å². The summed E-state index contributed by atoms with van der Waals surface area (Å²) in [5, 5.41) is 9.09. The monoisotopic (exact) mass is 585 g/mol. The summed E-state index contributed by atoms with van der Waals surface area (Å²) in [6.45, 7) is 6.56. The molecule has 44 heavy (non-hydrogen) atoms. The zero-order chi connectivity index (χ0) is 31.0. The molecule has 0 aliphatic carbocycles. The van der Waals surface area contributed by atoms with Crippen molar-refractivity contribution in [3.8, 4) is 11.3 Å². The van der Waals surface area contributed by atoms with Gasteiger partial charge in [0.2, 0.25) is 0 Å². The minimum atomic E-state index is -0.820. The van der Waals surface area contributed by atoms with Gasteiger partial charge in [0.15, 0.2) is 5.78 Å². The molecule has 3 heterocycles. The molecule has 7 nitrogen and oxygen atoms in total. The number of hydrogen-bond acceptors (Lipinski definition) is 4. The second-order valence-electron chi connectivity index (χ2n) is 12.0. The van der Waals surface area contributed by atoms with Gasteiger partial charge in [0, 0.05) is 47.9 Å². The lowest BCUT2D eigenvalue weighted by atomic mass is 9.88. The van der Waals surface area contributed by atoms with Gasteiger partial charge in [-0.25, -0.2) is 0 Å². The van der Waals surface area contributed by atoms with Crippen molar-refractivity contribution in [1.29, 1.82) is 0 Å². The molecular weight excluding hydrogens is 550 g/mol. The van der Waals surface area contributed by atoms with Crippen molar-refractivity contribution in [3.63, 3.8) is 0 Å². The van der Waals surface area contributed by atoms with E-state index in [4.69, 9.17) is 5.11 Å². The van der Waals surface area contributed by atoms with Gasteiger partial charge in [-0.2, -0.15) is 0 Å². The van der Waals surface area contributed by atoms with Crippen LogP contribution in [0.25, 0.3) is 11.3 Å². The van der Waals surface area contributed by atoms with E-state index in [0.29, 0.717) is 17.7 Å². The Labute approximate surface area is 257 Å². The van der Waals surface area contributed by atoms with Crippen LogP contribution in [0.15, 0.2) is 95.6 Å². The largest absolute Gasteiger partial charge is 0.481 e. The van der Waals surface area contributed by atoms with Crippen LogP contribution < -0.4 is 4.90 Å². The summed E-state index contributed by atoms with van der Waals surface area (Å²) >= 11 is 0. The topological polar surface area (TPSA) is 103 Å². The number of aliphatic imine (C=N–C) groups is 1. The molecule has 3 aromatic carbocycles. The first-order chi connectivity index (χ1) is 21.1. The quantitative estimate of drug-likeness (QED) is 0.225. The van der Waals surface area contributed by atoms with E-state index in [-0.39, 0.29) is 30.4 Å². The Morgan fingerprint density at radius 1 is 1.05 bits per heavy atom. The number of nitrogens with zero attached hydrogens (tertiary/aromatic N) is 2. The number of carbonyl (C=O) groups is 3. The Balaban J connectivity index is 1.12. The fourth-order valence-corrected chi connectivity index (χ4v) is 6.22. The predicted molar refractivity (Wildman–Crippen MR) is 173 cm³/mol. The minimum absolute atomic E-state index is 0.00465. The van der Waals surface area contributed by atoms with Gasteiger partial charge in [-0.15, -0.1) is 0 Å². The standard InChI is InChI=1S/C37H35N3O4/c1-23(17-35(42)43)26-9-11-30(12-10-26)37(3)20-29(22-39-37)34(41)18-25-8-13-31(24(2)16-25)32-19-28(21-38-32)36(44)40-15-14-27-6-4-5-7-33(27)40/h4-13,16,19-23,38H,14-15,17-18H2,1-3H3,(H,42,43). The van der Waals surface area contributed by atoms with Gasteiger partial charge in [0.25, 0.3) is 5.91 Å². The number of carbonyl (C=O) groups excluding carboxylic acids is 2. The number of benzene rings is 3. The zero-order valence-electron chi connectivity index (χ0n) is 25.1. The molecule has 0 saturated heterocycles. The number of H-pyrrole nitrogens is 1. The first kappa shape index (κ1) is 29.1. The van der Waals surface area contributed by atoms with Gasteiger partial charge in [0.05, 0.1) is 12.0 Å². The first-order valence-electron chi connectivity index (χ1n) is 14.9. The smallest absolute Gasteiger partial charge is 0.303 e. The molecule has 0 spiro atoms. The number of fused-ring (bicyclic) bond motifs is 1. The number of aliphatic carboxylic acids is 1. The number of para-hydroxylation sites is 1. The average molecular weight is 586 g/mol. The Morgan fingerprint density at radius 3 is 2.57 bits per heavy atom. The molecule has 2 aliphatic rings. The number of ketones is 1. The number of anilines is 1. The van der Waals surface area contributed by atoms with Crippen LogP contribution in [0.3, 0.4) is 0 Å². The molecule has 2 aliphatic heterocycles. The van der Waals surface area contributed by atoms with Crippen molar-refractivity contribution >= 4 is 29.6 Å². The van der Waals surface area contributed by atoms with E-state index in [9.17, 15) is 14.4 Å². The Morgan fingerprint density at radius 2 is 1.82 bits per heavy atom. The lowest BCUT2D eigenvalue weighted by molar-refractivity contribution is -0.137. The SMILES string of the molecule is Cc1cc(CC(=O)C2=CC(C)(c3ccc(C(C)CC(=O)O)cc3)N=C2)ccc1-c1cc(C(=O)N2CCc3ccccc32)c[nH]1. The first-order valence-corrected chi connectivity index (χ1v) is 14.9. The molecule has 7 heteroatoms. The number of aryl methyl sites for hydroxylation is 1. The van der Waals surface area contributed by atoms with Crippen molar-refractivity contribution in [1.82, 2.24) is 4.98 Å². The third-order valence-corrected chi connectivity index (χ3v) is 8.78. The molecule has 1 aromatic heterocycles. The predicted octanol–water partition coefficient (Wildman–Crippen LogP) is 6.81. The van der Waals surface area contributed by atoms with E-state index in [1.807, 2.05) is 98.5 Å². The van der Waals surface area contributed by atoms with Crippen molar-refractivity contribution in [3.05, 3.63) is 124 Å². The van der Waals surface area contributed by atoms with Crippen LogP contribution in [0.4, 0.5) is 5.69 Å². The van der Waals surface area contributed by atoms with Gasteiger partial charge in [-0.1, -0.05) is 67.6 Å². The molecule has 2 N–H and O–H groups in total. The minimum Gasteiger partial charge on any atom is -0.481 e. The highest BCUT2D eigenvalue weighted by atomic mass is 16.4. The molecule has 0 fully saturated rings. The summed E-state index contributed by atoms with van der Waals surface area (Å²) in [6, 6.07) is 23.7. The van der Waals surface area contributed by atoms with Crippen molar-refractivity contribution in [2.24, 2.45) is 4.99 Å². The van der Waals surface area contributed by atoms with E-state index in [1.54, 1.807) is 12.4 Å². The second kappa shape index (κ2) is 11.6. The van der Waals surface area contributed by atoms with Crippen LogP contribution in [0, 0.1) is 6.92 Å². The van der Waals surface area contributed by atoms with Crippen LogP contribution in [0.5, 0.6) is 0 Å². The van der Waals surface area contributed by atoms with E-state index in [2.05, 4.69) is 16.0 Å². The van der Waals surface area contributed by atoms with Crippen LogP contribution in [-0.4, -0.2) is 40.5 Å². The van der Waals surface area contributed by atoms with E-state index in [0.717, 1.165) is 45.6 Å². The number of amides is 1. The third kappa shape index (κ3) is 5.65. The molecule has 1 amide bonds. The highest BCUT2D eigenvalue weighted by molar-refractivity contribution is 6.15. The van der Waals surface area contributed by atoms with Gasteiger partial charge in [0.1, 0.15) is 5.54 Å². The summed E-state index contributed by atoms with van der Waals surface area (Å²) in [6.07, 6.45) is 6.52. The average Bonchev–Trinajstić information content (AvgIpc) is 3.76. The summed E-state index contributed by atoms with van der Waals surface area (Å²) < 4.78 is 0.